The van der Waals surface area contributed by atoms with Crippen LogP contribution >= 0.6 is 11.3 Å². The van der Waals surface area contributed by atoms with Crippen LogP contribution in [0.25, 0.3) is 21.5 Å². The first-order valence-corrected chi connectivity index (χ1v) is 10.1. The molecule has 4 rings (SSSR count). The van der Waals surface area contributed by atoms with Gasteiger partial charge in [0.15, 0.2) is 0 Å². The summed E-state index contributed by atoms with van der Waals surface area (Å²) in [5.74, 6) is -0.549. The second-order valence-corrected chi connectivity index (χ2v) is 8.05. The number of nitrogens with zero attached hydrogens (tertiary/aromatic N) is 4. The highest BCUT2D eigenvalue weighted by molar-refractivity contribution is 7.18. The van der Waals surface area contributed by atoms with Crippen molar-refractivity contribution in [1.82, 2.24) is 19.7 Å². The van der Waals surface area contributed by atoms with Gasteiger partial charge in [-0.2, -0.15) is 0 Å². The molecule has 0 aliphatic rings. The summed E-state index contributed by atoms with van der Waals surface area (Å²) in [6, 6.07) is 11.8. The molecule has 2 aromatic carbocycles. The van der Waals surface area contributed by atoms with Crippen LogP contribution in [0.1, 0.15) is 25.3 Å². The van der Waals surface area contributed by atoms with Gasteiger partial charge in [0.2, 0.25) is 11.0 Å². The van der Waals surface area contributed by atoms with Crippen LogP contribution in [0.3, 0.4) is 0 Å². The van der Waals surface area contributed by atoms with E-state index in [0.717, 1.165) is 16.2 Å². The summed E-state index contributed by atoms with van der Waals surface area (Å²) in [4.78, 5) is 28.9. The van der Waals surface area contributed by atoms with E-state index in [2.05, 4.69) is 34.3 Å². The van der Waals surface area contributed by atoms with E-state index in [1.807, 2.05) is 24.3 Å². The molecule has 2 aromatic heterocycles. The molecule has 9 heteroatoms. The first kappa shape index (κ1) is 19.8. The highest BCUT2D eigenvalue weighted by Gasteiger charge is 2.13. The number of carbonyl (C=O) groups excluding carboxylic acids is 1. The van der Waals surface area contributed by atoms with Crippen molar-refractivity contribution in [3.05, 3.63) is 70.5 Å². The van der Waals surface area contributed by atoms with Gasteiger partial charge in [-0.25, -0.2) is 9.37 Å². The van der Waals surface area contributed by atoms with E-state index in [0.29, 0.717) is 21.6 Å². The molecule has 0 bridgehead atoms. The van der Waals surface area contributed by atoms with Crippen molar-refractivity contribution >= 4 is 33.3 Å². The van der Waals surface area contributed by atoms with E-state index in [1.54, 1.807) is 0 Å². The molecule has 0 saturated carbocycles. The van der Waals surface area contributed by atoms with Crippen molar-refractivity contribution in [1.29, 1.82) is 0 Å². The van der Waals surface area contributed by atoms with Crippen molar-refractivity contribution in [2.45, 2.75) is 26.3 Å². The maximum Gasteiger partial charge on any atom is 0.261 e. The zero-order valence-electron chi connectivity index (χ0n) is 16.3. The summed E-state index contributed by atoms with van der Waals surface area (Å²) < 4.78 is 14.6. The maximum absolute atomic E-state index is 13.4. The van der Waals surface area contributed by atoms with E-state index in [-0.39, 0.29) is 11.9 Å². The van der Waals surface area contributed by atoms with E-state index in [4.69, 9.17) is 0 Å². The van der Waals surface area contributed by atoms with Crippen LogP contribution in [0.5, 0.6) is 0 Å². The number of aromatic nitrogens is 4. The summed E-state index contributed by atoms with van der Waals surface area (Å²) in [5, 5.41) is 11.9. The topological polar surface area (TPSA) is 89.8 Å². The van der Waals surface area contributed by atoms with E-state index >= 15 is 0 Å². The number of anilines is 1. The molecule has 0 atom stereocenters. The second kappa shape index (κ2) is 8.11. The summed E-state index contributed by atoms with van der Waals surface area (Å²) in [6.45, 7) is 3.98. The monoisotopic (exact) mass is 423 g/mol. The van der Waals surface area contributed by atoms with Gasteiger partial charge in [0.25, 0.3) is 5.56 Å². The van der Waals surface area contributed by atoms with E-state index in [9.17, 15) is 14.0 Å². The number of nitrogens with one attached hydrogen (secondary N) is 1. The average Bonchev–Trinajstić information content (AvgIpc) is 3.19. The molecular weight excluding hydrogens is 405 g/mol. The molecule has 0 fully saturated rings. The highest BCUT2D eigenvalue weighted by Crippen LogP contribution is 2.27. The number of carbonyl (C=O) groups is 1. The molecule has 30 heavy (non-hydrogen) atoms. The normalized spacial score (nSPS) is 11.2. The molecule has 1 N–H and O–H groups in total. The second-order valence-electron chi connectivity index (χ2n) is 7.08. The third kappa shape index (κ3) is 4.11. The fourth-order valence-electron chi connectivity index (χ4n) is 2.96. The van der Waals surface area contributed by atoms with Crippen molar-refractivity contribution in [3.8, 4) is 10.6 Å². The largest absolute Gasteiger partial charge is 0.299 e. The first-order chi connectivity index (χ1) is 14.4. The smallest absolute Gasteiger partial charge is 0.261 e. The van der Waals surface area contributed by atoms with Gasteiger partial charge in [0.05, 0.1) is 17.2 Å². The van der Waals surface area contributed by atoms with Gasteiger partial charge in [0, 0.05) is 5.56 Å². The Labute approximate surface area is 175 Å². The molecule has 0 radical (unpaired) electrons. The Kier molecular flexibility index (Phi) is 5.37. The van der Waals surface area contributed by atoms with Gasteiger partial charge in [-0.15, -0.1) is 10.2 Å². The number of fused-ring (bicyclic) bond motifs is 1. The molecule has 152 valence electrons. The number of rotatable bonds is 5. The lowest BCUT2D eigenvalue weighted by Gasteiger charge is -2.06. The molecule has 4 aromatic rings. The van der Waals surface area contributed by atoms with Crippen LogP contribution in [0.4, 0.5) is 9.52 Å². The molecule has 2 heterocycles. The van der Waals surface area contributed by atoms with Crippen LogP contribution in [0, 0.1) is 5.82 Å². The number of halogens is 1. The first-order valence-electron chi connectivity index (χ1n) is 9.29. The zero-order chi connectivity index (χ0) is 21.3. The minimum absolute atomic E-state index is 0.119. The quantitative estimate of drug-likeness (QED) is 0.527. The molecule has 0 unspecified atom stereocenters. The van der Waals surface area contributed by atoms with Gasteiger partial charge in [-0.1, -0.05) is 49.4 Å². The lowest BCUT2D eigenvalue weighted by atomic mass is 10.0. The predicted octanol–water partition coefficient (Wildman–Crippen LogP) is 3.82. The van der Waals surface area contributed by atoms with Crippen molar-refractivity contribution < 1.29 is 9.18 Å². The zero-order valence-corrected chi connectivity index (χ0v) is 17.1. The maximum atomic E-state index is 13.4. The van der Waals surface area contributed by atoms with Crippen molar-refractivity contribution in [3.63, 3.8) is 0 Å². The van der Waals surface area contributed by atoms with Gasteiger partial charge in [-0.3, -0.25) is 19.5 Å². The Morgan fingerprint density at radius 2 is 1.93 bits per heavy atom. The molecule has 7 nitrogen and oxygen atoms in total. The Balaban J connectivity index is 1.48. The molecular formula is C21H18FN5O2S. The summed E-state index contributed by atoms with van der Waals surface area (Å²) in [7, 11) is 0. The fraction of sp³-hybridized carbons (Fsp3) is 0.190. The highest BCUT2D eigenvalue weighted by atomic mass is 32.1. The van der Waals surface area contributed by atoms with Crippen molar-refractivity contribution in [2.75, 3.05) is 5.32 Å². The summed E-state index contributed by atoms with van der Waals surface area (Å²) in [6.07, 6.45) is 1.27. The Morgan fingerprint density at radius 3 is 2.67 bits per heavy atom. The Morgan fingerprint density at radius 1 is 1.17 bits per heavy atom. The average molecular weight is 423 g/mol. The van der Waals surface area contributed by atoms with Gasteiger partial charge in [-0.05, 0) is 29.7 Å². The SMILES string of the molecule is CC(C)c1ccc(-c2nnc(NC(=O)Cn3cnc4ccc(F)cc4c3=O)s2)cc1. The standard InChI is InChI=1S/C21H18FN5O2S/c1-12(2)13-3-5-14(6-4-13)19-25-26-21(30-19)24-18(28)10-27-11-23-17-8-7-15(22)9-16(17)20(27)29/h3-9,11-12H,10H2,1-2H3,(H,24,26,28). The van der Waals surface area contributed by atoms with Crippen LogP contribution in [0.15, 0.2) is 53.6 Å². The molecule has 0 aliphatic heterocycles. The van der Waals surface area contributed by atoms with Gasteiger partial charge < -0.3 is 0 Å². The van der Waals surface area contributed by atoms with Crippen LogP contribution < -0.4 is 10.9 Å². The molecule has 0 saturated heterocycles. The predicted molar refractivity (Wildman–Crippen MR) is 114 cm³/mol. The van der Waals surface area contributed by atoms with Crippen LogP contribution in [-0.2, 0) is 11.3 Å². The van der Waals surface area contributed by atoms with Crippen LogP contribution in [-0.4, -0.2) is 25.7 Å². The third-order valence-electron chi connectivity index (χ3n) is 4.60. The van der Waals surface area contributed by atoms with Crippen LogP contribution in [0.2, 0.25) is 0 Å². The Bertz CT molecular complexity index is 1280. The summed E-state index contributed by atoms with van der Waals surface area (Å²) in [5.41, 5.74) is 2.02. The third-order valence-corrected chi connectivity index (χ3v) is 5.48. The lowest BCUT2D eigenvalue weighted by Crippen LogP contribution is -2.27. The minimum Gasteiger partial charge on any atom is -0.299 e. The van der Waals surface area contributed by atoms with Gasteiger partial charge in [0.1, 0.15) is 17.4 Å². The summed E-state index contributed by atoms with van der Waals surface area (Å²) >= 11 is 1.24. The molecule has 0 aliphatic carbocycles. The molecule has 1 amide bonds. The number of hydrogen-bond acceptors (Lipinski definition) is 6. The molecule has 0 spiro atoms. The number of benzene rings is 2. The van der Waals surface area contributed by atoms with Gasteiger partial charge >= 0.3 is 0 Å². The van der Waals surface area contributed by atoms with Crippen molar-refractivity contribution in [2.24, 2.45) is 0 Å². The lowest BCUT2D eigenvalue weighted by molar-refractivity contribution is -0.116. The minimum atomic E-state index is -0.536. The Hall–Kier alpha value is -3.46. The fourth-order valence-corrected chi connectivity index (χ4v) is 3.72. The number of amides is 1. The van der Waals surface area contributed by atoms with E-state index < -0.39 is 17.3 Å². The number of hydrogen-bond donors (Lipinski definition) is 1. The van der Waals surface area contributed by atoms with E-state index in [1.165, 1.54) is 35.4 Å².